The molecule has 0 fully saturated rings. The molecule has 4 heteroatoms. The number of nitrogens with zero attached hydrogens (tertiary/aromatic N) is 1. The highest BCUT2D eigenvalue weighted by Crippen LogP contribution is 2.41. The lowest BCUT2D eigenvalue weighted by atomic mass is 9.89. The van der Waals surface area contributed by atoms with Crippen LogP contribution >= 0.6 is 0 Å². The molecular formula is C17H15F2NO. The summed E-state index contributed by atoms with van der Waals surface area (Å²) < 4.78 is 31.8. The molecule has 1 aliphatic heterocycles. The smallest absolute Gasteiger partial charge is 0.242 e. The first-order valence-corrected chi connectivity index (χ1v) is 6.79. The topological polar surface area (TPSA) is 21.6 Å². The molecule has 0 N–H and O–H groups in total. The van der Waals surface area contributed by atoms with Gasteiger partial charge in [0.2, 0.25) is 12.3 Å². The number of para-hydroxylation sites is 1. The molecular weight excluding hydrogens is 272 g/mol. The monoisotopic (exact) mass is 287 g/mol. The van der Waals surface area contributed by atoms with E-state index in [2.05, 4.69) is 4.99 Å². The molecule has 1 unspecified atom stereocenters. The van der Waals surface area contributed by atoms with Gasteiger partial charge in [-0.15, -0.1) is 0 Å². The molecule has 0 aromatic heterocycles. The summed E-state index contributed by atoms with van der Waals surface area (Å²) in [7, 11) is 0. The zero-order valence-electron chi connectivity index (χ0n) is 11.6. The largest absolute Gasteiger partial charge is 0.466 e. The number of ether oxygens (including phenoxy) is 1. The molecule has 2 nitrogen and oxygen atoms in total. The molecule has 0 spiro atoms. The standard InChI is InChI=1S/C17H15F2NO/c1-17(11-15(18)19)13-9-5-6-10-14(13)20-16(21-17)12-7-3-2-4-8-12/h2-10,15H,11H2,1H3. The Hall–Kier alpha value is -2.23. The summed E-state index contributed by atoms with van der Waals surface area (Å²) in [5.41, 5.74) is 1.10. The fourth-order valence-electron chi connectivity index (χ4n) is 2.57. The van der Waals surface area contributed by atoms with Gasteiger partial charge in [0.25, 0.3) is 0 Å². The normalized spacial score (nSPS) is 20.7. The van der Waals surface area contributed by atoms with E-state index >= 15 is 0 Å². The number of rotatable bonds is 3. The molecule has 2 aromatic rings. The molecule has 0 aliphatic carbocycles. The molecule has 0 saturated heterocycles. The molecule has 0 amide bonds. The minimum Gasteiger partial charge on any atom is -0.466 e. The predicted octanol–water partition coefficient (Wildman–Crippen LogP) is 4.67. The molecule has 2 aromatic carbocycles. The number of aliphatic imine (C=N–C) groups is 1. The Bertz CT molecular complexity index is 670. The van der Waals surface area contributed by atoms with Crippen molar-refractivity contribution in [3.8, 4) is 0 Å². The minimum absolute atomic E-state index is 0.365. The van der Waals surface area contributed by atoms with Crippen molar-refractivity contribution < 1.29 is 13.5 Å². The van der Waals surface area contributed by atoms with Crippen LogP contribution in [0.5, 0.6) is 0 Å². The third kappa shape index (κ3) is 2.66. The summed E-state index contributed by atoms with van der Waals surface area (Å²) in [6.45, 7) is 1.69. The van der Waals surface area contributed by atoms with Crippen molar-refractivity contribution >= 4 is 11.6 Å². The average molecular weight is 287 g/mol. The molecule has 108 valence electrons. The number of halogens is 2. The SMILES string of the molecule is CC1(CC(F)F)OC(c2ccccc2)=Nc2ccccc21. The molecule has 21 heavy (non-hydrogen) atoms. The first kappa shape index (κ1) is 13.7. The van der Waals surface area contributed by atoms with Crippen LogP contribution in [0.1, 0.15) is 24.5 Å². The molecule has 3 rings (SSSR count). The van der Waals surface area contributed by atoms with Crippen molar-refractivity contribution in [3.63, 3.8) is 0 Å². The van der Waals surface area contributed by atoms with E-state index in [1.807, 2.05) is 48.5 Å². The van der Waals surface area contributed by atoms with Gasteiger partial charge < -0.3 is 4.74 Å². The second-order valence-electron chi connectivity index (χ2n) is 5.23. The number of alkyl halides is 2. The van der Waals surface area contributed by atoms with Crippen molar-refractivity contribution in [3.05, 3.63) is 65.7 Å². The predicted molar refractivity (Wildman–Crippen MR) is 78.1 cm³/mol. The van der Waals surface area contributed by atoms with E-state index in [0.29, 0.717) is 17.1 Å². The highest BCUT2D eigenvalue weighted by atomic mass is 19.3. The maximum absolute atomic E-state index is 13.0. The summed E-state index contributed by atoms with van der Waals surface area (Å²) >= 11 is 0. The van der Waals surface area contributed by atoms with Crippen LogP contribution in [0.25, 0.3) is 0 Å². The van der Waals surface area contributed by atoms with Gasteiger partial charge in [-0.25, -0.2) is 13.8 Å². The Morgan fingerprint density at radius 1 is 1.05 bits per heavy atom. The van der Waals surface area contributed by atoms with Crippen LogP contribution in [-0.2, 0) is 10.3 Å². The van der Waals surface area contributed by atoms with Crippen LogP contribution < -0.4 is 0 Å². The van der Waals surface area contributed by atoms with E-state index in [-0.39, 0.29) is 6.42 Å². The van der Waals surface area contributed by atoms with Crippen molar-refractivity contribution in [1.29, 1.82) is 0 Å². The van der Waals surface area contributed by atoms with Gasteiger partial charge in [0.1, 0.15) is 5.60 Å². The highest BCUT2D eigenvalue weighted by molar-refractivity contribution is 5.97. The van der Waals surface area contributed by atoms with Crippen LogP contribution in [-0.4, -0.2) is 12.3 Å². The fraction of sp³-hybridized carbons (Fsp3) is 0.235. The molecule has 0 saturated carbocycles. The van der Waals surface area contributed by atoms with Gasteiger partial charge in [-0.2, -0.15) is 0 Å². The summed E-state index contributed by atoms with van der Waals surface area (Å²) in [6.07, 6.45) is -2.81. The summed E-state index contributed by atoms with van der Waals surface area (Å²) in [5.74, 6) is 0.387. The summed E-state index contributed by atoms with van der Waals surface area (Å²) in [5, 5.41) is 0. The lowest BCUT2D eigenvalue weighted by Crippen LogP contribution is -2.34. The van der Waals surface area contributed by atoms with Crippen LogP contribution in [0.2, 0.25) is 0 Å². The number of hydrogen-bond acceptors (Lipinski definition) is 2. The maximum atomic E-state index is 13.0. The van der Waals surface area contributed by atoms with Crippen molar-refractivity contribution in [2.24, 2.45) is 4.99 Å². The van der Waals surface area contributed by atoms with E-state index in [9.17, 15) is 8.78 Å². The average Bonchev–Trinajstić information content (AvgIpc) is 2.47. The third-order valence-corrected chi connectivity index (χ3v) is 3.58. The Labute approximate surface area is 122 Å². The van der Waals surface area contributed by atoms with Gasteiger partial charge >= 0.3 is 0 Å². The maximum Gasteiger partial charge on any atom is 0.242 e. The van der Waals surface area contributed by atoms with Gasteiger partial charge in [-0.3, -0.25) is 0 Å². The van der Waals surface area contributed by atoms with Crippen LogP contribution in [0.4, 0.5) is 14.5 Å². The van der Waals surface area contributed by atoms with E-state index in [0.717, 1.165) is 5.56 Å². The molecule has 0 bridgehead atoms. The molecule has 1 aliphatic rings. The van der Waals surface area contributed by atoms with Crippen molar-refractivity contribution in [1.82, 2.24) is 0 Å². The number of benzene rings is 2. The molecule has 0 radical (unpaired) electrons. The Morgan fingerprint density at radius 3 is 2.43 bits per heavy atom. The van der Waals surface area contributed by atoms with Gasteiger partial charge in [0, 0.05) is 11.1 Å². The van der Waals surface area contributed by atoms with E-state index in [1.54, 1.807) is 13.0 Å². The first-order chi connectivity index (χ1) is 10.1. The summed E-state index contributed by atoms with van der Waals surface area (Å²) in [4.78, 5) is 4.47. The fourth-order valence-corrected chi connectivity index (χ4v) is 2.57. The molecule has 1 atom stereocenters. The van der Waals surface area contributed by atoms with Gasteiger partial charge in [-0.1, -0.05) is 36.4 Å². The Kier molecular flexibility index (Phi) is 3.45. The van der Waals surface area contributed by atoms with Crippen molar-refractivity contribution in [2.75, 3.05) is 0 Å². The quantitative estimate of drug-likeness (QED) is 0.804. The van der Waals surface area contributed by atoms with E-state index in [4.69, 9.17) is 4.74 Å². The van der Waals surface area contributed by atoms with Crippen molar-refractivity contribution in [2.45, 2.75) is 25.4 Å². The van der Waals surface area contributed by atoms with E-state index in [1.165, 1.54) is 0 Å². The summed E-state index contributed by atoms with van der Waals surface area (Å²) in [6, 6.07) is 16.6. The zero-order chi connectivity index (χ0) is 14.9. The molecule has 1 heterocycles. The van der Waals surface area contributed by atoms with Gasteiger partial charge in [0.15, 0.2) is 0 Å². The second-order valence-corrected chi connectivity index (χ2v) is 5.23. The van der Waals surface area contributed by atoms with E-state index < -0.39 is 12.0 Å². The van der Waals surface area contributed by atoms with Crippen LogP contribution in [0.3, 0.4) is 0 Å². The number of fused-ring (bicyclic) bond motifs is 1. The number of hydrogen-bond donors (Lipinski definition) is 0. The highest BCUT2D eigenvalue weighted by Gasteiger charge is 2.38. The zero-order valence-corrected chi connectivity index (χ0v) is 11.6. The van der Waals surface area contributed by atoms with Gasteiger partial charge in [0.05, 0.1) is 12.1 Å². The van der Waals surface area contributed by atoms with Gasteiger partial charge in [-0.05, 0) is 25.1 Å². The first-order valence-electron chi connectivity index (χ1n) is 6.79. The minimum atomic E-state index is -2.45. The lowest BCUT2D eigenvalue weighted by Gasteiger charge is -2.35. The second kappa shape index (κ2) is 5.28. The third-order valence-electron chi connectivity index (χ3n) is 3.58. The van der Waals surface area contributed by atoms with Crippen LogP contribution in [0, 0.1) is 0 Å². The Balaban J connectivity index is 2.09. The Morgan fingerprint density at radius 2 is 1.71 bits per heavy atom. The van der Waals surface area contributed by atoms with Crippen LogP contribution in [0.15, 0.2) is 59.6 Å². The lowest BCUT2D eigenvalue weighted by molar-refractivity contribution is -0.00313.